The lowest BCUT2D eigenvalue weighted by Gasteiger charge is -1.97. The number of Topliss-reactive ketones (excluding diaryl/α,β-unsaturated/α-hetero) is 1. The van der Waals surface area contributed by atoms with Crippen molar-refractivity contribution in [2.45, 2.75) is 13.8 Å². The molecule has 0 bridgehead atoms. The van der Waals surface area contributed by atoms with Crippen molar-refractivity contribution in [1.29, 1.82) is 0 Å². The van der Waals surface area contributed by atoms with Gasteiger partial charge in [0.15, 0.2) is 5.78 Å². The largest absolute Gasteiger partial charge is 0.294 e. The summed E-state index contributed by atoms with van der Waals surface area (Å²) in [7, 11) is 0. The standard InChI is InChI=1S/C7H7BrN2O/c1-4(11)6-3-9-5(2)10-7(6)8/h3H,1-2H3. The average Bonchev–Trinajstić information content (AvgIpc) is 1.85. The lowest BCUT2D eigenvalue weighted by Crippen LogP contribution is -1.99. The minimum atomic E-state index is -0.0307. The highest BCUT2D eigenvalue weighted by atomic mass is 79.9. The first kappa shape index (κ1) is 8.33. The topological polar surface area (TPSA) is 42.9 Å². The lowest BCUT2D eigenvalue weighted by atomic mass is 10.2. The third-order valence-corrected chi connectivity index (χ3v) is 1.85. The highest BCUT2D eigenvalue weighted by molar-refractivity contribution is 9.10. The van der Waals surface area contributed by atoms with Crippen LogP contribution in [0.3, 0.4) is 0 Å². The molecule has 1 aromatic heterocycles. The second-order valence-electron chi connectivity index (χ2n) is 2.18. The van der Waals surface area contributed by atoms with E-state index in [4.69, 9.17) is 0 Å². The quantitative estimate of drug-likeness (QED) is 0.529. The van der Waals surface area contributed by atoms with Crippen LogP contribution in [0.5, 0.6) is 0 Å². The van der Waals surface area contributed by atoms with Gasteiger partial charge in [-0.3, -0.25) is 4.79 Å². The number of halogens is 1. The van der Waals surface area contributed by atoms with Crippen LogP contribution in [0.25, 0.3) is 0 Å². The van der Waals surface area contributed by atoms with Crippen molar-refractivity contribution in [3.05, 3.63) is 22.2 Å². The fraction of sp³-hybridized carbons (Fsp3) is 0.286. The van der Waals surface area contributed by atoms with E-state index in [2.05, 4.69) is 25.9 Å². The van der Waals surface area contributed by atoms with Gasteiger partial charge in [-0.15, -0.1) is 0 Å². The molecule has 0 saturated heterocycles. The highest BCUT2D eigenvalue weighted by Crippen LogP contribution is 2.12. The van der Waals surface area contributed by atoms with Gasteiger partial charge in [0.1, 0.15) is 10.4 Å². The number of aryl methyl sites for hydroxylation is 1. The first-order valence-corrected chi connectivity index (χ1v) is 3.90. The molecule has 0 radical (unpaired) electrons. The summed E-state index contributed by atoms with van der Waals surface area (Å²) in [4.78, 5) is 18.7. The number of rotatable bonds is 1. The summed E-state index contributed by atoms with van der Waals surface area (Å²) in [5, 5.41) is 0. The highest BCUT2D eigenvalue weighted by Gasteiger charge is 2.05. The van der Waals surface area contributed by atoms with E-state index in [-0.39, 0.29) is 5.78 Å². The zero-order chi connectivity index (χ0) is 8.43. The Hall–Kier alpha value is -0.770. The third-order valence-electron chi connectivity index (χ3n) is 1.24. The van der Waals surface area contributed by atoms with Gasteiger partial charge in [-0.2, -0.15) is 0 Å². The molecule has 0 N–H and O–H groups in total. The van der Waals surface area contributed by atoms with Crippen molar-refractivity contribution in [1.82, 2.24) is 9.97 Å². The summed E-state index contributed by atoms with van der Waals surface area (Å²) in [6, 6.07) is 0. The molecule has 0 fully saturated rings. The predicted molar refractivity (Wildman–Crippen MR) is 44.5 cm³/mol. The number of aromatic nitrogens is 2. The van der Waals surface area contributed by atoms with E-state index in [1.165, 1.54) is 13.1 Å². The van der Waals surface area contributed by atoms with Crippen molar-refractivity contribution in [3.8, 4) is 0 Å². The summed E-state index contributed by atoms with van der Waals surface area (Å²) in [5.74, 6) is 0.624. The molecular weight excluding hydrogens is 208 g/mol. The molecule has 0 spiro atoms. The smallest absolute Gasteiger partial charge is 0.164 e. The molecule has 0 aromatic carbocycles. The van der Waals surface area contributed by atoms with E-state index >= 15 is 0 Å². The normalized spacial score (nSPS) is 9.73. The number of hydrogen-bond acceptors (Lipinski definition) is 3. The molecule has 0 aliphatic heterocycles. The maximum Gasteiger partial charge on any atom is 0.164 e. The van der Waals surface area contributed by atoms with Crippen molar-refractivity contribution in [3.63, 3.8) is 0 Å². The Balaban J connectivity index is 3.20. The Kier molecular flexibility index (Phi) is 2.34. The first-order chi connectivity index (χ1) is 5.11. The number of hydrogen-bond donors (Lipinski definition) is 0. The second kappa shape index (κ2) is 3.09. The van der Waals surface area contributed by atoms with Gasteiger partial charge in [-0.25, -0.2) is 9.97 Å². The fourth-order valence-electron chi connectivity index (χ4n) is 0.679. The molecule has 0 atom stereocenters. The molecule has 1 aromatic rings. The zero-order valence-electron chi connectivity index (χ0n) is 6.26. The van der Waals surface area contributed by atoms with Crippen LogP contribution in [0.4, 0.5) is 0 Å². The summed E-state index contributed by atoms with van der Waals surface area (Å²) in [5.41, 5.74) is 0.524. The molecule has 1 rings (SSSR count). The van der Waals surface area contributed by atoms with E-state index < -0.39 is 0 Å². The molecule has 0 aliphatic rings. The van der Waals surface area contributed by atoms with Gasteiger partial charge >= 0.3 is 0 Å². The van der Waals surface area contributed by atoms with Crippen LogP contribution in [0.2, 0.25) is 0 Å². The van der Waals surface area contributed by atoms with Gasteiger partial charge < -0.3 is 0 Å². The van der Waals surface area contributed by atoms with Gasteiger partial charge in [-0.1, -0.05) is 0 Å². The van der Waals surface area contributed by atoms with E-state index in [9.17, 15) is 4.79 Å². The van der Waals surface area contributed by atoms with Crippen LogP contribution >= 0.6 is 15.9 Å². The Morgan fingerprint density at radius 3 is 2.73 bits per heavy atom. The summed E-state index contributed by atoms with van der Waals surface area (Å²) < 4.78 is 0.567. The van der Waals surface area contributed by atoms with E-state index in [0.29, 0.717) is 16.0 Å². The van der Waals surface area contributed by atoms with Gasteiger partial charge in [0.2, 0.25) is 0 Å². The Labute approximate surface area is 73.0 Å². The number of nitrogens with zero attached hydrogens (tertiary/aromatic N) is 2. The molecule has 0 saturated carbocycles. The summed E-state index contributed by atoms with van der Waals surface area (Å²) in [6.45, 7) is 3.26. The van der Waals surface area contributed by atoms with Crippen LogP contribution in [-0.4, -0.2) is 15.8 Å². The molecule has 0 aliphatic carbocycles. The molecule has 0 amide bonds. The molecular formula is C7H7BrN2O. The van der Waals surface area contributed by atoms with Gasteiger partial charge in [0, 0.05) is 6.20 Å². The van der Waals surface area contributed by atoms with Crippen LogP contribution in [0, 0.1) is 6.92 Å². The third kappa shape index (κ3) is 1.83. The lowest BCUT2D eigenvalue weighted by molar-refractivity contribution is 0.101. The fourth-order valence-corrected chi connectivity index (χ4v) is 1.32. The van der Waals surface area contributed by atoms with Gasteiger partial charge in [0.25, 0.3) is 0 Å². The molecule has 4 heteroatoms. The minimum absolute atomic E-state index is 0.0307. The monoisotopic (exact) mass is 214 g/mol. The van der Waals surface area contributed by atoms with Gasteiger partial charge in [-0.05, 0) is 29.8 Å². The molecule has 58 valence electrons. The summed E-state index contributed by atoms with van der Waals surface area (Å²) in [6.07, 6.45) is 1.52. The maximum atomic E-state index is 10.9. The van der Waals surface area contributed by atoms with Crippen LogP contribution < -0.4 is 0 Å². The second-order valence-corrected chi connectivity index (χ2v) is 2.93. The van der Waals surface area contributed by atoms with E-state index in [0.717, 1.165) is 0 Å². The Morgan fingerprint density at radius 1 is 1.64 bits per heavy atom. The minimum Gasteiger partial charge on any atom is -0.294 e. The average molecular weight is 215 g/mol. The number of carbonyl (C=O) groups excluding carboxylic acids is 1. The van der Waals surface area contributed by atoms with Crippen molar-refractivity contribution >= 4 is 21.7 Å². The van der Waals surface area contributed by atoms with Crippen LogP contribution in [-0.2, 0) is 0 Å². The van der Waals surface area contributed by atoms with Crippen molar-refractivity contribution in [2.24, 2.45) is 0 Å². The number of carbonyl (C=O) groups is 1. The van der Waals surface area contributed by atoms with Crippen molar-refractivity contribution in [2.75, 3.05) is 0 Å². The van der Waals surface area contributed by atoms with Crippen LogP contribution in [0.15, 0.2) is 10.8 Å². The summed E-state index contributed by atoms with van der Waals surface area (Å²) >= 11 is 3.18. The Morgan fingerprint density at radius 2 is 2.27 bits per heavy atom. The molecule has 1 heterocycles. The number of ketones is 1. The Bertz CT molecular complexity index is 298. The van der Waals surface area contributed by atoms with Crippen LogP contribution in [0.1, 0.15) is 23.1 Å². The molecule has 3 nitrogen and oxygen atoms in total. The molecule has 0 unspecified atom stereocenters. The first-order valence-electron chi connectivity index (χ1n) is 3.11. The maximum absolute atomic E-state index is 10.9. The van der Waals surface area contributed by atoms with E-state index in [1.54, 1.807) is 6.92 Å². The SMILES string of the molecule is CC(=O)c1cnc(C)nc1Br. The zero-order valence-corrected chi connectivity index (χ0v) is 7.84. The van der Waals surface area contributed by atoms with Crippen molar-refractivity contribution < 1.29 is 4.79 Å². The van der Waals surface area contributed by atoms with E-state index in [1.807, 2.05) is 0 Å². The molecule has 11 heavy (non-hydrogen) atoms. The van der Waals surface area contributed by atoms with Gasteiger partial charge in [0.05, 0.1) is 5.56 Å². The predicted octanol–water partition coefficient (Wildman–Crippen LogP) is 1.75.